The molecule has 1 atom stereocenters. The molecule has 4 heteroatoms. The SMILES string of the molecule is CNC(=O)O/N=C/C(C)c1ccccc1. The third-order valence-corrected chi connectivity index (χ3v) is 1.95. The molecule has 0 heterocycles. The van der Waals surface area contributed by atoms with Crippen LogP contribution in [0.4, 0.5) is 4.79 Å². The van der Waals surface area contributed by atoms with Crippen molar-refractivity contribution in [2.24, 2.45) is 5.16 Å². The van der Waals surface area contributed by atoms with Crippen molar-refractivity contribution in [1.29, 1.82) is 0 Å². The van der Waals surface area contributed by atoms with Crippen molar-refractivity contribution in [2.75, 3.05) is 7.05 Å². The molecule has 1 amide bonds. The number of amides is 1. The fourth-order valence-electron chi connectivity index (χ4n) is 1.06. The van der Waals surface area contributed by atoms with Crippen molar-refractivity contribution in [3.05, 3.63) is 35.9 Å². The van der Waals surface area contributed by atoms with Gasteiger partial charge in [0.1, 0.15) is 0 Å². The van der Waals surface area contributed by atoms with E-state index in [4.69, 9.17) is 0 Å². The molecule has 1 aromatic carbocycles. The molecule has 4 nitrogen and oxygen atoms in total. The highest BCUT2D eigenvalue weighted by Crippen LogP contribution is 2.11. The molecule has 0 saturated carbocycles. The summed E-state index contributed by atoms with van der Waals surface area (Å²) in [6.07, 6.45) is 1.02. The Labute approximate surface area is 88.9 Å². The lowest BCUT2D eigenvalue weighted by molar-refractivity contribution is 0.153. The van der Waals surface area contributed by atoms with Gasteiger partial charge < -0.3 is 5.32 Å². The van der Waals surface area contributed by atoms with Crippen LogP contribution >= 0.6 is 0 Å². The average Bonchev–Trinajstić information content (AvgIpc) is 2.29. The van der Waals surface area contributed by atoms with Crippen LogP contribution in [0.25, 0.3) is 0 Å². The van der Waals surface area contributed by atoms with E-state index in [1.165, 1.54) is 7.05 Å². The predicted octanol–water partition coefficient (Wildman–Crippen LogP) is 2.13. The van der Waals surface area contributed by atoms with E-state index < -0.39 is 6.09 Å². The third-order valence-electron chi connectivity index (χ3n) is 1.95. The van der Waals surface area contributed by atoms with E-state index >= 15 is 0 Å². The van der Waals surface area contributed by atoms with Gasteiger partial charge in [-0.2, -0.15) is 0 Å². The third kappa shape index (κ3) is 3.81. The largest absolute Gasteiger partial charge is 0.433 e. The maximum atomic E-state index is 10.7. The van der Waals surface area contributed by atoms with Crippen molar-refractivity contribution in [2.45, 2.75) is 12.8 Å². The van der Waals surface area contributed by atoms with Crippen molar-refractivity contribution >= 4 is 12.3 Å². The van der Waals surface area contributed by atoms with Gasteiger partial charge >= 0.3 is 6.09 Å². The molecule has 1 rings (SSSR count). The van der Waals surface area contributed by atoms with E-state index in [0.717, 1.165) is 5.56 Å². The molecule has 1 N–H and O–H groups in total. The van der Waals surface area contributed by atoms with Gasteiger partial charge in [0.2, 0.25) is 0 Å². The molecule has 80 valence electrons. The minimum atomic E-state index is -0.563. The zero-order valence-electron chi connectivity index (χ0n) is 8.81. The van der Waals surface area contributed by atoms with Crippen molar-refractivity contribution in [3.8, 4) is 0 Å². The molecule has 1 unspecified atom stereocenters. The highest BCUT2D eigenvalue weighted by atomic mass is 16.7. The molecule has 0 saturated heterocycles. The number of oxime groups is 1. The number of carbonyl (C=O) groups is 1. The first-order valence-electron chi connectivity index (χ1n) is 4.71. The Balaban J connectivity index is 2.49. The molecule has 15 heavy (non-hydrogen) atoms. The van der Waals surface area contributed by atoms with Gasteiger partial charge in [-0.25, -0.2) is 4.79 Å². The lowest BCUT2D eigenvalue weighted by Gasteiger charge is -2.04. The minimum Gasteiger partial charge on any atom is -0.323 e. The molecule has 0 radical (unpaired) electrons. The van der Waals surface area contributed by atoms with Gasteiger partial charge in [-0.1, -0.05) is 42.4 Å². The summed E-state index contributed by atoms with van der Waals surface area (Å²) in [5.41, 5.74) is 1.13. The second-order valence-corrected chi connectivity index (χ2v) is 3.08. The molecular weight excluding hydrogens is 192 g/mol. The van der Waals surface area contributed by atoms with Crippen LogP contribution in [-0.4, -0.2) is 19.4 Å². The number of rotatable bonds is 3. The van der Waals surface area contributed by atoms with Gasteiger partial charge in [-0.3, -0.25) is 4.84 Å². The highest BCUT2D eigenvalue weighted by molar-refractivity contribution is 5.70. The monoisotopic (exact) mass is 206 g/mol. The highest BCUT2D eigenvalue weighted by Gasteiger charge is 2.01. The summed E-state index contributed by atoms with van der Waals surface area (Å²) < 4.78 is 0. The summed E-state index contributed by atoms with van der Waals surface area (Å²) in [5.74, 6) is 0.121. The van der Waals surface area contributed by atoms with Crippen LogP contribution in [0.5, 0.6) is 0 Å². The number of nitrogens with zero attached hydrogens (tertiary/aromatic N) is 1. The van der Waals surface area contributed by atoms with Crippen LogP contribution in [0.15, 0.2) is 35.5 Å². The van der Waals surface area contributed by atoms with Crippen LogP contribution in [0.3, 0.4) is 0 Å². The first-order chi connectivity index (χ1) is 7.24. The van der Waals surface area contributed by atoms with Gasteiger partial charge in [0.25, 0.3) is 0 Å². The summed E-state index contributed by atoms with van der Waals surface area (Å²) in [6, 6.07) is 9.86. The Morgan fingerprint density at radius 1 is 1.47 bits per heavy atom. The van der Waals surface area contributed by atoms with Crippen molar-refractivity contribution in [1.82, 2.24) is 5.32 Å². The van der Waals surface area contributed by atoms with E-state index in [2.05, 4.69) is 15.3 Å². The molecule has 0 bridgehead atoms. The standard InChI is InChI=1S/C11H14N2O2/c1-9(8-13-15-11(14)12-2)10-6-4-3-5-7-10/h3-9H,1-2H3,(H,12,14)/b13-8+. The molecule has 1 aromatic rings. The van der Waals surface area contributed by atoms with Crippen LogP contribution in [0.1, 0.15) is 18.4 Å². The summed E-state index contributed by atoms with van der Waals surface area (Å²) in [4.78, 5) is 15.2. The van der Waals surface area contributed by atoms with Crippen LogP contribution in [0, 0.1) is 0 Å². The van der Waals surface area contributed by atoms with E-state index in [1.807, 2.05) is 37.3 Å². The number of nitrogens with one attached hydrogen (secondary N) is 1. The number of carbonyl (C=O) groups excluding carboxylic acids is 1. The number of hydrogen-bond acceptors (Lipinski definition) is 3. The van der Waals surface area contributed by atoms with Crippen LogP contribution in [-0.2, 0) is 4.84 Å². The molecule has 0 spiro atoms. The van der Waals surface area contributed by atoms with Crippen LogP contribution in [0.2, 0.25) is 0 Å². The summed E-state index contributed by atoms with van der Waals surface area (Å²) in [6.45, 7) is 1.98. The van der Waals surface area contributed by atoms with Gasteiger partial charge in [0.15, 0.2) is 0 Å². The Bertz CT molecular complexity index is 336. The molecule has 0 fully saturated rings. The fourth-order valence-corrected chi connectivity index (χ4v) is 1.06. The first-order valence-corrected chi connectivity index (χ1v) is 4.71. The maximum Gasteiger partial charge on any atom is 0.433 e. The second kappa shape index (κ2) is 5.80. The van der Waals surface area contributed by atoms with Crippen LogP contribution < -0.4 is 5.32 Å². The lowest BCUT2D eigenvalue weighted by atomic mass is 10.0. The quantitative estimate of drug-likeness (QED) is 0.468. The lowest BCUT2D eigenvalue weighted by Crippen LogP contribution is -2.16. The van der Waals surface area contributed by atoms with E-state index in [9.17, 15) is 4.79 Å². The summed E-state index contributed by atoms with van der Waals surface area (Å²) in [7, 11) is 1.48. The van der Waals surface area contributed by atoms with E-state index in [1.54, 1.807) is 6.21 Å². The van der Waals surface area contributed by atoms with Gasteiger partial charge in [-0.15, -0.1) is 0 Å². The number of benzene rings is 1. The van der Waals surface area contributed by atoms with E-state index in [-0.39, 0.29) is 5.92 Å². The normalized spacial score (nSPS) is 12.4. The Kier molecular flexibility index (Phi) is 4.34. The van der Waals surface area contributed by atoms with E-state index in [0.29, 0.717) is 0 Å². The Morgan fingerprint density at radius 3 is 2.73 bits per heavy atom. The zero-order valence-corrected chi connectivity index (χ0v) is 8.81. The van der Waals surface area contributed by atoms with Gasteiger partial charge in [0.05, 0.1) is 6.21 Å². The Morgan fingerprint density at radius 2 is 2.13 bits per heavy atom. The molecule has 0 aliphatic carbocycles. The maximum absolute atomic E-state index is 10.7. The second-order valence-electron chi connectivity index (χ2n) is 3.08. The minimum absolute atomic E-state index is 0.121. The van der Waals surface area contributed by atoms with Gasteiger partial charge in [-0.05, 0) is 5.56 Å². The first kappa shape index (κ1) is 11.2. The predicted molar refractivity (Wildman–Crippen MR) is 58.9 cm³/mol. The summed E-state index contributed by atoms with van der Waals surface area (Å²) >= 11 is 0. The smallest absolute Gasteiger partial charge is 0.323 e. The molecule has 0 aliphatic heterocycles. The zero-order chi connectivity index (χ0) is 11.1. The molecule has 0 aromatic heterocycles. The Hall–Kier alpha value is -1.84. The number of hydrogen-bond donors (Lipinski definition) is 1. The van der Waals surface area contributed by atoms with Gasteiger partial charge in [0, 0.05) is 13.0 Å². The van der Waals surface area contributed by atoms with Crippen molar-refractivity contribution < 1.29 is 9.63 Å². The summed E-state index contributed by atoms with van der Waals surface area (Å²) in [5, 5.41) is 5.88. The average molecular weight is 206 g/mol. The molecular formula is C11H14N2O2. The van der Waals surface area contributed by atoms with Crippen molar-refractivity contribution in [3.63, 3.8) is 0 Å². The molecule has 0 aliphatic rings. The fraction of sp³-hybridized carbons (Fsp3) is 0.273. The topological polar surface area (TPSA) is 50.7 Å².